The lowest BCUT2D eigenvalue weighted by atomic mass is 9.83. The van der Waals surface area contributed by atoms with Gasteiger partial charge in [0.15, 0.2) is 0 Å². The minimum atomic E-state index is -4.96. The quantitative estimate of drug-likeness (QED) is 0.752. The first-order valence-corrected chi connectivity index (χ1v) is 7.30. The molecule has 0 saturated carbocycles. The van der Waals surface area contributed by atoms with Crippen LogP contribution >= 0.6 is 0 Å². The lowest BCUT2D eigenvalue weighted by molar-refractivity contribution is -0.188. The van der Waals surface area contributed by atoms with Gasteiger partial charge in [0.25, 0.3) is 10.0 Å². The summed E-state index contributed by atoms with van der Waals surface area (Å²) in [5, 5.41) is 0. The van der Waals surface area contributed by atoms with E-state index in [-0.39, 0.29) is 23.2 Å². The van der Waals surface area contributed by atoms with E-state index in [1.54, 1.807) is 13.8 Å². The fourth-order valence-corrected chi connectivity index (χ4v) is 3.15. The number of alkyl halides is 5. The molecule has 1 aliphatic heterocycles. The zero-order valence-corrected chi connectivity index (χ0v) is 11.3. The van der Waals surface area contributed by atoms with Crippen LogP contribution in [0.2, 0.25) is 0 Å². The summed E-state index contributed by atoms with van der Waals surface area (Å²) < 4.78 is 86.0. The van der Waals surface area contributed by atoms with Crippen LogP contribution < -0.4 is 0 Å². The summed E-state index contributed by atoms with van der Waals surface area (Å²) in [6.07, 6.45) is -4.81. The molecule has 3 nitrogen and oxygen atoms in total. The molecule has 0 aromatic rings. The van der Waals surface area contributed by atoms with Crippen molar-refractivity contribution in [2.24, 2.45) is 17.8 Å². The molecule has 0 amide bonds. The summed E-state index contributed by atoms with van der Waals surface area (Å²) in [5.41, 5.74) is 0. The van der Waals surface area contributed by atoms with Gasteiger partial charge in [0.1, 0.15) is 0 Å². The molecule has 0 aromatic heterocycles. The first kappa shape index (κ1) is 16.6. The van der Waals surface area contributed by atoms with E-state index in [0.717, 1.165) is 0 Å². The fraction of sp³-hybridized carbons (Fsp3) is 1.00. The maximum absolute atomic E-state index is 12.7. The number of halogens is 5. The molecule has 2 atom stereocenters. The lowest BCUT2D eigenvalue weighted by Gasteiger charge is -2.39. The molecule has 9 heteroatoms. The Morgan fingerprint density at radius 2 is 1.68 bits per heavy atom. The Bertz CT molecular complexity index is 407. The molecule has 1 saturated heterocycles. The second kappa shape index (κ2) is 5.51. The van der Waals surface area contributed by atoms with Crippen molar-refractivity contribution in [3.8, 4) is 0 Å². The molecule has 1 rings (SSSR count). The second-order valence-corrected chi connectivity index (χ2v) is 7.00. The van der Waals surface area contributed by atoms with Gasteiger partial charge >= 0.3 is 11.9 Å². The summed E-state index contributed by atoms with van der Waals surface area (Å²) in [4.78, 5) is 0. The van der Waals surface area contributed by atoms with Crippen LogP contribution in [0, 0.1) is 17.8 Å². The fourth-order valence-electron chi connectivity index (χ4n) is 2.14. The Morgan fingerprint density at radius 3 is 2.05 bits per heavy atom. The number of nitrogens with zero attached hydrogens (tertiary/aromatic N) is 1. The number of hydrogen-bond donors (Lipinski definition) is 0. The predicted octanol–water partition coefficient (Wildman–Crippen LogP) is 2.70. The van der Waals surface area contributed by atoms with E-state index in [9.17, 15) is 30.4 Å². The third-order valence-corrected chi connectivity index (χ3v) is 4.91. The van der Waals surface area contributed by atoms with Crippen LogP contribution in [0.5, 0.6) is 0 Å². The van der Waals surface area contributed by atoms with Crippen molar-refractivity contribution in [2.75, 3.05) is 13.1 Å². The van der Waals surface area contributed by atoms with E-state index in [0.29, 0.717) is 0 Å². The topological polar surface area (TPSA) is 37.4 Å². The Morgan fingerprint density at radius 1 is 1.16 bits per heavy atom. The van der Waals surface area contributed by atoms with Crippen molar-refractivity contribution in [3.05, 3.63) is 0 Å². The molecule has 0 bridgehead atoms. The van der Waals surface area contributed by atoms with Gasteiger partial charge in [0.05, 0.1) is 5.92 Å². The van der Waals surface area contributed by atoms with Crippen molar-refractivity contribution in [2.45, 2.75) is 32.2 Å². The van der Waals surface area contributed by atoms with E-state index in [2.05, 4.69) is 0 Å². The Hall–Kier alpha value is -0.440. The summed E-state index contributed by atoms with van der Waals surface area (Å²) in [6.45, 7) is 2.10. The maximum atomic E-state index is 12.7. The Kier molecular flexibility index (Phi) is 4.82. The lowest BCUT2D eigenvalue weighted by Crippen LogP contribution is -2.50. The van der Waals surface area contributed by atoms with Crippen molar-refractivity contribution in [1.29, 1.82) is 0 Å². The Labute approximate surface area is 108 Å². The highest BCUT2D eigenvalue weighted by Gasteiger charge is 2.48. The molecule has 1 fully saturated rings. The van der Waals surface area contributed by atoms with Gasteiger partial charge in [-0.2, -0.15) is 26.3 Å². The van der Waals surface area contributed by atoms with Crippen molar-refractivity contribution in [1.82, 2.24) is 4.31 Å². The van der Waals surface area contributed by atoms with Crippen LogP contribution in [0.4, 0.5) is 22.0 Å². The third kappa shape index (κ3) is 3.77. The molecule has 0 aromatic carbocycles. The number of piperidine rings is 1. The largest absolute Gasteiger partial charge is 0.393 e. The molecule has 0 N–H and O–H groups in total. The van der Waals surface area contributed by atoms with Gasteiger partial charge < -0.3 is 0 Å². The monoisotopic (exact) mass is 309 g/mol. The first-order valence-electron chi connectivity index (χ1n) is 5.80. The molecule has 0 unspecified atom stereocenters. The zero-order valence-electron chi connectivity index (χ0n) is 10.5. The third-order valence-electron chi connectivity index (χ3n) is 3.44. The average molecular weight is 309 g/mol. The van der Waals surface area contributed by atoms with Crippen LogP contribution in [0.25, 0.3) is 0 Å². The number of rotatable bonds is 3. The van der Waals surface area contributed by atoms with Gasteiger partial charge in [-0.1, -0.05) is 13.8 Å². The highest BCUT2D eigenvalue weighted by Crippen LogP contribution is 2.38. The predicted molar refractivity (Wildman–Crippen MR) is 59.0 cm³/mol. The normalized spacial score (nSPS) is 27.2. The molecule has 1 aliphatic rings. The van der Waals surface area contributed by atoms with Crippen LogP contribution in [0.15, 0.2) is 0 Å². The summed E-state index contributed by atoms with van der Waals surface area (Å²) in [6, 6.07) is 0. The maximum Gasteiger partial charge on any atom is 0.393 e. The molecule has 0 aliphatic carbocycles. The molecular weight excluding hydrogens is 293 g/mol. The van der Waals surface area contributed by atoms with Crippen molar-refractivity contribution in [3.63, 3.8) is 0 Å². The number of sulfonamides is 1. The SMILES string of the molecule is CC(C)[C@@H]1C[C@H](C(F)(F)F)CN(S(=O)(=O)C(F)F)C1. The molecule has 0 spiro atoms. The van der Waals surface area contributed by atoms with E-state index >= 15 is 0 Å². The van der Waals surface area contributed by atoms with Gasteiger partial charge in [-0.05, 0) is 18.3 Å². The van der Waals surface area contributed by atoms with Crippen molar-refractivity contribution < 1.29 is 30.4 Å². The van der Waals surface area contributed by atoms with Gasteiger partial charge in [-0.15, -0.1) is 0 Å². The molecular formula is C10H16F5NO2S. The van der Waals surface area contributed by atoms with E-state index in [4.69, 9.17) is 0 Å². The minimum Gasteiger partial charge on any atom is -0.206 e. The van der Waals surface area contributed by atoms with Crippen LogP contribution in [0.3, 0.4) is 0 Å². The molecule has 19 heavy (non-hydrogen) atoms. The highest BCUT2D eigenvalue weighted by molar-refractivity contribution is 7.89. The van der Waals surface area contributed by atoms with E-state index in [1.165, 1.54) is 0 Å². The van der Waals surface area contributed by atoms with Gasteiger partial charge in [-0.3, -0.25) is 0 Å². The Balaban J connectivity index is 3.01. The zero-order chi connectivity index (χ0) is 15.0. The molecule has 114 valence electrons. The molecule has 0 radical (unpaired) electrons. The summed E-state index contributed by atoms with van der Waals surface area (Å²) >= 11 is 0. The van der Waals surface area contributed by atoms with Gasteiger partial charge in [0.2, 0.25) is 0 Å². The first-order chi connectivity index (χ1) is 8.46. The van der Waals surface area contributed by atoms with Crippen molar-refractivity contribution >= 4 is 10.0 Å². The van der Waals surface area contributed by atoms with Crippen LogP contribution in [-0.4, -0.2) is 37.7 Å². The van der Waals surface area contributed by atoms with E-state index < -0.39 is 40.3 Å². The van der Waals surface area contributed by atoms with E-state index in [1.807, 2.05) is 0 Å². The second-order valence-electron chi connectivity index (χ2n) is 5.10. The summed E-state index contributed by atoms with van der Waals surface area (Å²) in [5.74, 6) is -6.36. The van der Waals surface area contributed by atoms with Gasteiger partial charge in [0, 0.05) is 13.1 Å². The minimum absolute atomic E-state index is 0.208. The van der Waals surface area contributed by atoms with Gasteiger partial charge in [-0.25, -0.2) is 8.42 Å². The van der Waals surface area contributed by atoms with Crippen LogP contribution in [-0.2, 0) is 10.0 Å². The smallest absolute Gasteiger partial charge is 0.206 e. The summed E-state index contributed by atoms with van der Waals surface area (Å²) in [7, 11) is -4.96. The highest BCUT2D eigenvalue weighted by atomic mass is 32.2. The number of hydrogen-bond acceptors (Lipinski definition) is 2. The standard InChI is InChI=1S/C10H16F5NO2S/c1-6(2)7-3-8(10(13,14)15)5-16(4-7)19(17,18)9(11)12/h6-9H,3-5H2,1-2H3/t7-,8+/m1/s1. The average Bonchev–Trinajstić information content (AvgIpc) is 2.26. The molecule has 1 heterocycles. The van der Waals surface area contributed by atoms with Crippen LogP contribution in [0.1, 0.15) is 20.3 Å².